The number of H-pyrrole nitrogens is 1. The van der Waals surface area contributed by atoms with Crippen LogP contribution in [0.1, 0.15) is 17.0 Å². The first-order valence-corrected chi connectivity index (χ1v) is 5.73. The molecular formula is C13H17N3O2. The van der Waals surface area contributed by atoms with E-state index in [9.17, 15) is 5.11 Å². The van der Waals surface area contributed by atoms with E-state index >= 15 is 0 Å². The summed E-state index contributed by atoms with van der Waals surface area (Å²) in [6, 6.07) is 5.17. The summed E-state index contributed by atoms with van der Waals surface area (Å²) >= 11 is 0. The average Bonchev–Trinajstić information content (AvgIpc) is 2.68. The van der Waals surface area contributed by atoms with Crippen LogP contribution < -0.4 is 10.1 Å². The van der Waals surface area contributed by atoms with Crippen molar-refractivity contribution >= 4 is 5.69 Å². The Morgan fingerprint density at radius 1 is 1.39 bits per heavy atom. The molecule has 5 heteroatoms. The number of benzene rings is 1. The number of methoxy groups -OCH3 is 1. The van der Waals surface area contributed by atoms with Gasteiger partial charge in [0, 0.05) is 12.1 Å². The first-order valence-electron chi connectivity index (χ1n) is 5.73. The van der Waals surface area contributed by atoms with Crippen molar-refractivity contribution in [3.8, 4) is 11.5 Å². The minimum Gasteiger partial charge on any atom is -0.508 e. The highest BCUT2D eigenvalue weighted by atomic mass is 16.5. The Kier molecular flexibility index (Phi) is 3.41. The number of aromatic amines is 1. The Morgan fingerprint density at radius 2 is 2.17 bits per heavy atom. The number of nitrogens with one attached hydrogen (secondary N) is 2. The molecule has 0 saturated heterocycles. The quantitative estimate of drug-likeness (QED) is 0.775. The Labute approximate surface area is 106 Å². The molecule has 0 amide bonds. The largest absolute Gasteiger partial charge is 0.508 e. The van der Waals surface area contributed by atoms with Gasteiger partial charge in [0.25, 0.3) is 0 Å². The van der Waals surface area contributed by atoms with Crippen molar-refractivity contribution in [3.05, 3.63) is 35.2 Å². The third-order valence-corrected chi connectivity index (χ3v) is 2.87. The van der Waals surface area contributed by atoms with Gasteiger partial charge in [-0.3, -0.25) is 5.10 Å². The second-order valence-electron chi connectivity index (χ2n) is 4.16. The van der Waals surface area contributed by atoms with Gasteiger partial charge in [-0.1, -0.05) is 0 Å². The number of anilines is 1. The highest BCUT2D eigenvalue weighted by Crippen LogP contribution is 2.25. The van der Waals surface area contributed by atoms with E-state index in [1.165, 1.54) is 0 Å². The van der Waals surface area contributed by atoms with Crippen LogP contribution in [0.5, 0.6) is 11.5 Å². The molecular weight excluding hydrogens is 230 g/mol. The smallest absolute Gasteiger partial charge is 0.120 e. The standard InChI is InChI=1S/C13H17N3O2/c1-8-13(9(2)16-15-8)14-7-10-6-11(18-3)4-5-12(10)17/h4-6,14,17H,7H2,1-3H3,(H,15,16). The number of nitrogens with zero attached hydrogens (tertiary/aromatic N) is 1. The molecule has 0 saturated carbocycles. The maximum Gasteiger partial charge on any atom is 0.120 e. The van der Waals surface area contributed by atoms with Crippen LogP contribution in [0.25, 0.3) is 0 Å². The van der Waals surface area contributed by atoms with E-state index in [0.717, 1.165) is 28.4 Å². The third kappa shape index (κ3) is 2.40. The van der Waals surface area contributed by atoms with Crippen molar-refractivity contribution < 1.29 is 9.84 Å². The van der Waals surface area contributed by atoms with Crippen LogP contribution in [0.3, 0.4) is 0 Å². The van der Waals surface area contributed by atoms with E-state index in [1.807, 2.05) is 19.9 Å². The molecule has 0 aliphatic carbocycles. The van der Waals surface area contributed by atoms with Crippen LogP contribution >= 0.6 is 0 Å². The molecule has 0 bridgehead atoms. The number of phenols is 1. The van der Waals surface area contributed by atoms with Gasteiger partial charge in [-0.25, -0.2) is 0 Å². The van der Waals surface area contributed by atoms with Gasteiger partial charge in [0.05, 0.1) is 24.2 Å². The number of aryl methyl sites for hydroxylation is 2. The Morgan fingerprint density at radius 3 is 2.78 bits per heavy atom. The van der Waals surface area contributed by atoms with Gasteiger partial charge >= 0.3 is 0 Å². The molecule has 0 atom stereocenters. The molecule has 96 valence electrons. The summed E-state index contributed by atoms with van der Waals surface area (Å²) in [6.07, 6.45) is 0. The maximum atomic E-state index is 9.78. The molecule has 1 aromatic carbocycles. The molecule has 2 rings (SSSR count). The minimum absolute atomic E-state index is 0.252. The van der Waals surface area contributed by atoms with E-state index in [2.05, 4.69) is 15.5 Å². The number of hydrogen-bond acceptors (Lipinski definition) is 4. The lowest BCUT2D eigenvalue weighted by molar-refractivity contribution is 0.411. The molecule has 0 fully saturated rings. The van der Waals surface area contributed by atoms with E-state index in [-0.39, 0.29) is 5.75 Å². The van der Waals surface area contributed by atoms with Crippen LogP contribution in [0.4, 0.5) is 5.69 Å². The predicted octanol–water partition coefficient (Wildman–Crippen LogP) is 2.35. The summed E-state index contributed by atoms with van der Waals surface area (Å²) in [4.78, 5) is 0. The average molecular weight is 247 g/mol. The molecule has 2 aromatic rings. The highest BCUT2D eigenvalue weighted by molar-refractivity contribution is 5.52. The predicted molar refractivity (Wildman–Crippen MR) is 70.0 cm³/mol. The Balaban J connectivity index is 2.15. The zero-order valence-electron chi connectivity index (χ0n) is 10.7. The van der Waals surface area contributed by atoms with Gasteiger partial charge in [0.1, 0.15) is 11.5 Å². The molecule has 0 aliphatic heterocycles. The second-order valence-corrected chi connectivity index (χ2v) is 4.16. The van der Waals surface area contributed by atoms with Gasteiger partial charge < -0.3 is 15.2 Å². The van der Waals surface area contributed by atoms with Crippen molar-refractivity contribution in [1.29, 1.82) is 0 Å². The number of rotatable bonds is 4. The fourth-order valence-corrected chi connectivity index (χ4v) is 1.83. The molecule has 1 heterocycles. The van der Waals surface area contributed by atoms with E-state index in [1.54, 1.807) is 19.2 Å². The number of hydrogen-bond donors (Lipinski definition) is 3. The fraction of sp³-hybridized carbons (Fsp3) is 0.308. The highest BCUT2D eigenvalue weighted by Gasteiger charge is 2.08. The minimum atomic E-state index is 0.252. The molecule has 1 aromatic heterocycles. The Hall–Kier alpha value is -2.17. The van der Waals surface area contributed by atoms with Gasteiger partial charge in [-0.2, -0.15) is 5.10 Å². The van der Waals surface area contributed by atoms with Crippen molar-refractivity contribution in [2.24, 2.45) is 0 Å². The summed E-state index contributed by atoms with van der Waals surface area (Å²) in [7, 11) is 1.61. The summed E-state index contributed by atoms with van der Waals surface area (Å²) < 4.78 is 5.14. The molecule has 0 unspecified atom stereocenters. The first-order chi connectivity index (χ1) is 8.61. The molecule has 0 aliphatic rings. The lowest BCUT2D eigenvalue weighted by Gasteiger charge is -2.09. The van der Waals surface area contributed by atoms with Crippen LogP contribution in [0, 0.1) is 13.8 Å². The van der Waals surface area contributed by atoms with Gasteiger partial charge in [0.2, 0.25) is 0 Å². The monoisotopic (exact) mass is 247 g/mol. The summed E-state index contributed by atoms with van der Waals surface area (Å²) in [5.74, 6) is 0.979. The number of aromatic nitrogens is 2. The van der Waals surface area contributed by atoms with Crippen LogP contribution in [-0.4, -0.2) is 22.4 Å². The summed E-state index contributed by atoms with van der Waals surface area (Å²) in [5, 5.41) is 20.1. The lowest BCUT2D eigenvalue weighted by Crippen LogP contribution is -2.01. The molecule has 5 nitrogen and oxygen atoms in total. The number of aromatic hydroxyl groups is 1. The maximum absolute atomic E-state index is 9.78. The first kappa shape index (κ1) is 12.3. The summed E-state index contributed by atoms with van der Waals surface area (Å²) in [6.45, 7) is 4.40. The molecule has 0 radical (unpaired) electrons. The van der Waals surface area contributed by atoms with Gasteiger partial charge in [-0.15, -0.1) is 0 Å². The van der Waals surface area contributed by atoms with E-state index in [0.29, 0.717) is 6.54 Å². The zero-order chi connectivity index (χ0) is 13.1. The van der Waals surface area contributed by atoms with Crippen molar-refractivity contribution in [2.75, 3.05) is 12.4 Å². The normalized spacial score (nSPS) is 10.4. The van der Waals surface area contributed by atoms with Crippen LogP contribution in [0.2, 0.25) is 0 Å². The molecule has 0 spiro atoms. The van der Waals surface area contributed by atoms with Crippen molar-refractivity contribution in [2.45, 2.75) is 20.4 Å². The number of phenolic OH excluding ortho intramolecular Hbond substituents is 1. The third-order valence-electron chi connectivity index (χ3n) is 2.87. The van der Waals surface area contributed by atoms with Crippen molar-refractivity contribution in [1.82, 2.24) is 10.2 Å². The summed E-state index contributed by atoms with van der Waals surface area (Å²) in [5.41, 5.74) is 3.65. The molecule has 18 heavy (non-hydrogen) atoms. The topological polar surface area (TPSA) is 70.2 Å². The van der Waals surface area contributed by atoms with Gasteiger partial charge in [-0.05, 0) is 32.0 Å². The fourth-order valence-electron chi connectivity index (χ4n) is 1.83. The molecule has 3 N–H and O–H groups in total. The SMILES string of the molecule is COc1ccc(O)c(CNc2c(C)n[nH]c2C)c1. The lowest BCUT2D eigenvalue weighted by atomic mass is 10.2. The van der Waals surface area contributed by atoms with Crippen LogP contribution in [-0.2, 0) is 6.54 Å². The van der Waals surface area contributed by atoms with E-state index < -0.39 is 0 Å². The Bertz CT molecular complexity index is 530. The van der Waals surface area contributed by atoms with Crippen molar-refractivity contribution in [3.63, 3.8) is 0 Å². The second kappa shape index (κ2) is 5.00. The van der Waals surface area contributed by atoms with Crippen LogP contribution in [0.15, 0.2) is 18.2 Å². The van der Waals surface area contributed by atoms with Gasteiger partial charge in [0.15, 0.2) is 0 Å². The zero-order valence-corrected chi connectivity index (χ0v) is 10.7. The number of ether oxygens (including phenoxy) is 1. The van der Waals surface area contributed by atoms with E-state index in [4.69, 9.17) is 4.74 Å².